The molecule has 3 nitrogen and oxygen atoms in total. The zero-order valence-corrected chi connectivity index (χ0v) is 9.07. The first-order valence-electron chi connectivity index (χ1n) is 4.65. The molecule has 0 fully saturated rings. The molecule has 4 heteroatoms. The van der Waals surface area contributed by atoms with Crippen molar-refractivity contribution >= 4 is 23.5 Å². The summed E-state index contributed by atoms with van der Waals surface area (Å²) in [6.07, 6.45) is 0. The fourth-order valence-electron chi connectivity index (χ4n) is 1.37. The van der Waals surface area contributed by atoms with Gasteiger partial charge >= 0.3 is 5.91 Å². The maximum Gasteiger partial charge on any atom is 0.317 e. The number of aromatic amines is 1. The highest BCUT2D eigenvalue weighted by Crippen LogP contribution is 2.28. The number of amides is 1. The van der Waals surface area contributed by atoms with Gasteiger partial charge in [-0.1, -0.05) is 13.8 Å². The van der Waals surface area contributed by atoms with Crippen LogP contribution in [-0.2, 0) is 4.79 Å². The summed E-state index contributed by atoms with van der Waals surface area (Å²) >= 11 is 1.57. The molecule has 0 aromatic carbocycles. The number of pyridine rings is 1. The fourth-order valence-corrected chi connectivity index (χ4v) is 2.13. The highest BCUT2D eigenvalue weighted by Gasteiger charge is 2.23. The van der Waals surface area contributed by atoms with Gasteiger partial charge in [0.1, 0.15) is 11.4 Å². The number of hydrogen-bond donors (Lipinski definition) is 1. The van der Waals surface area contributed by atoms with Crippen LogP contribution in [0.5, 0.6) is 0 Å². The largest absolute Gasteiger partial charge is 0.317 e. The molecule has 0 spiro atoms. The van der Waals surface area contributed by atoms with E-state index in [1.54, 1.807) is 11.8 Å². The van der Waals surface area contributed by atoms with Crippen LogP contribution < -0.4 is 10.3 Å². The maximum atomic E-state index is 11.2. The first kappa shape index (κ1) is 9.52. The van der Waals surface area contributed by atoms with E-state index in [1.165, 1.54) is 0 Å². The number of thioether (sulfide) groups is 1. The first-order valence-corrected chi connectivity index (χ1v) is 5.64. The van der Waals surface area contributed by atoms with Gasteiger partial charge in [0.2, 0.25) is 0 Å². The summed E-state index contributed by atoms with van der Waals surface area (Å²) < 4.78 is 0. The Hall–Kier alpha value is -1.03. The van der Waals surface area contributed by atoms with Crippen LogP contribution in [0.25, 0.3) is 0 Å². The number of aromatic nitrogens is 1. The zero-order chi connectivity index (χ0) is 10.1. The van der Waals surface area contributed by atoms with Gasteiger partial charge in [-0.15, -0.1) is 11.8 Å². The molecule has 1 aromatic heterocycles. The van der Waals surface area contributed by atoms with Gasteiger partial charge in [0.05, 0.1) is 4.90 Å². The molecule has 0 bridgehead atoms. The van der Waals surface area contributed by atoms with Gasteiger partial charge in [0.15, 0.2) is 0 Å². The van der Waals surface area contributed by atoms with E-state index >= 15 is 0 Å². The summed E-state index contributed by atoms with van der Waals surface area (Å²) in [5.41, 5.74) is 1.14. The lowest BCUT2D eigenvalue weighted by Crippen LogP contribution is -2.27. The van der Waals surface area contributed by atoms with E-state index in [9.17, 15) is 4.79 Å². The molecule has 2 heterocycles. The lowest BCUT2D eigenvalue weighted by atomic mass is 10.1. The lowest BCUT2D eigenvalue weighted by Gasteiger charge is -2.11. The van der Waals surface area contributed by atoms with Crippen LogP contribution in [0.2, 0.25) is 0 Å². The average Bonchev–Trinajstić information content (AvgIpc) is 2.16. The van der Waals surface area contributed by atoms with Crippen LogP contribution in [0, 0.1) is 0 Å². The van der Waals surface area contributed by atoms with Crippen LogP contribution in [0.15, 0.2) is 17.0 Å². The summed E-state index contributed by atoms with van der Waals surface area (Å²) in [7, 11) is 0. The summed E-state index contributed by atoms with van der Waals surface area (Å²) in [4.78, 5) is 15.5. The molecule has 0 unspecified atom stereocenters. The molecule has 2 N–H and O–H groups in total. The number of nitrogens with one attached hydrogen (secondary N) is 2. The van der Waals surface area contributed by atoms with Crippen molar-refractivity contribution in [3.05, 3.63) is 17.8 Å². The molecule has 14 heavy (non-hydrogen) atoms. The number of fused-ring (bicyclic) bond motifs is 1. The number of carbonyl (C=O) groups excluding carboxylic acids is 1. The molecule has 1 aliphatic rings. The minimum Gasteiger partial charge on any atom is -0.246 e. The first-order chi connectivity index (χ1) is 6.66. The predicted molar refractivity (Wildman–Crippen MR) is 56.4 cm³/mol. The molecule has 0 radical (unpaired) electrons. The second-order valence-electron chi connectivity index (χ2n) is 3.64. The van der Waals surface area contributed by atoms with E-state index < -0.39 is 0 Å². The molecular weight excluding hydrogens is 196 g/mol. The third-order valence-electron chi connectivity index (χ3n) is 2.18. The Balaban J connectivity index is 2.37. The minimum atomic E-state index is 0.0691. The highest BCUT2D eigenvalue weighted by molar-refractivity contribution is 8.00. The van der Waals surface area contributed by atoms with E-state index in [4.69, 9.17) is 0 Å². The van der Waals surface area contributed by atoms with Crippen molar-refractivity contribution in [2.24, 2.45) is 0 Å². The molecule has 0 atom stereocenters. The smallest absolute Gasteiger partial charge is 0.246 e. The number of rotatable bonds is 1. The quantitative estimate of drug-likeness (QED) is 0.764. The van der Waals surface area contributed by atoms with Gasteiger partial charge in [-0.3, -0.25) is 0 Å². The van der Waals surface area contributed by atoms with Gasteiger partial charge in [-0.05, 0) is 12.1 Å². The summed E-state index contributed by atoms with van der Waals surface area (Å²) in [5, 5.41) is 2.84. The van der Waals surface area contributed by atoms with Gasteiger partial charge in [0, 0.05) is 5.92 Å². The molecule has 1 amide bonds. The molecule has 0 saturated carbocycles. The van der Waals surface area contributed by atoms with Crippen molar-refractivity contribution in [3.63, 3.8) is 0 Å². The Morgan fingerprint density at radius 1 is 1.50 bits per heavy atom. The third-order valence-corrected chi connectivity index (χ3v) is 3.23. The molecule has 1 aliphatic heterocycles. The second kappa shape index (κ2) is 3.61. The number of H-pyrrole nitrogens is 1. The van der Waals surface area contributed by atoms with E-state index in [-0.39, 0.29) is 5.91 Å². The van der Waals surface area contributed by atoms with Gasteiger partial charge in [-0.2, -0.15) is 0 Å². The Labute approximate surface area is 87.3 Å². The Morgan fingerprint density at radius 2 is 2.29 bits per heavy atom. The Bertz CT molecular complexity index is 376. The van der Waals surface area contributed by atoms with Crippen molar-refractivity contribution in [1.29, 1.82) is 0 Å². The minimum absolute atomic E-state index is 0.0691. The third kappa shape index (κ3) is 1.75. The normalized spacial score (nSPS) is 15.2. The molecular formula is C10H13N2OS+. The Kier molecular flexibility index (Phi) is 2.46. The fraction of sp³-hybridized carbons (Fsp3) is 0.400. The zero-order valence-electron chi connectivity index (χ0n) is 8.26. The molecule has 0 aliphatic carbocycles. The monoisotopic (exact) mass is 209 g/mol. The maximum absolute atomic E-state index is 11.2. The van der Waals surface area contributed by atoms with Gasteiger partial charge in [0.25, 0.3) is 5.82 Å². The number of hydrogen-bond acceptors (Lipinski definition) is 2. The van der Waals surface area contributed by atoms with E-state index in [0.29, 0.717) is 11.7 Å². The van der Waals surface area contributed by atoms with Crippen LogP contribution in [-0.4, -0.2) is 11.7 Å². The van der Waals surface area contributed by atoms with Crippen molar-refractivity contribution in [1.82, 2.24) is 0 Å². The molecule has 74 valence electrons. The van der Waals surface area contributed by atoms with E-state index in [1.807, 2.05) is 0 Å². The van der Waals surface area contributed by atoms with Crippen molar-refractivity contribution in [3.8, 4) is 0 Å². The molecule has 1 aromatic rings. The van der Waals surface area contributed by atoms with E-state index in [0.717, 1.165) is 16.4 Å². The number of anilines is 1. The van der Waals surface area contributed by atoms with Crippen LogP contribution in [0.4, 0.5) is 5.82 Å². The second-order valence-corrected chi connectivity index (χ2v) is 4.66. The van der Waals surface area contributed by atoms with Crippen molar-refractivity contribution < 1.29 is 9.78 Å². The van der Waals surface area contributed by atoms with Crippen molar-refractivity contribution in [2.75, 3.05) is 11.1 Å². The van der Waals surface area contributed by atoms with Crippen LogP contribution in [0.1, 0.15) is 25.5 Å². The summed E-state index contributed by atoms with van der Waals surface area (Å²) in [6, 6.07) is 4.14. The van der Waals surface area contributed by atoms with Gasteiger partial charge < -0.3 is 0 Å². The van der Waals surface area contributed by atoms with Crippen LogP contribution >= 0.6 is 11.8 Å². The van der Waals surface area contributed by atoms with Gasteiger partial charge in [-0.25, -0.2) is 15.1 Å². The SMILES string of the molecule is CC(C)c1ccc2c([nH+]1)NC(=O)CS2. The lowest BCUT2D eigenvalue weighted by molar-refractivity contribution is -0.377. The summed E-state index contributed by atoms with van der Waals surface area (Å²) in [5.74, 6) is 1.88. The molecule has 0 saturated heterocycles. The van der Waals surface area contributed by atoms with Crippen LogP contribution in [0.3, 0.4) is 0 Å². The van der Waals surface area contributed by atoms with E-state index in [2.05, 4.69) is 36.3 Å². The predicted octanol–water partition coefficient (Wildman–Crippen LogP) is 1.67. The summed E-state index contributed by atoms with van der Waals surface area (Å²) in [6.45, 7) is 4.24. The number of carbonyl (C=O) groups is 1. The molecule has 2 rings (SSSR count). The Morgan fingerprint density at radius 3 is 3.00 bits per heavy atom. The van der Waals surface area contributed by atoms with Crippen molar-refractivity contribution in [2.45, 2.75) is 24.7 Å². The topological polar surface area (TPSA) is 43.2 Å². The highest BCUT2D eigenvalue weighted by atomic mass is 32.2. The standard InChI is InChI=1S/C10H12N2OS/c1-6(2)7-3-4-8-10(11-7)12-9(13)5-14-8/h3-4,6H,5H2,1-2H3,(H,11,12,13)/p+1. The average molecular weight is 209 g/mol.